The van der Waals surface area contributed by atoms with Crippen molar-refractivity contribution in [2.45, 2.75) is 6.42 Å². The van der Waals surface area contributed by atoms with E-state index in [0.29, 0.717) is 0 Å². The van der Waals surface area contributed by atoms with Gasteiger partial charge in [-0.2, -0.15) is 0 Å². The zero-order valence-electron chi connectivity index (χ0n) is 12.8. The van der Waals surface area contributed by atoms with Gasteiger partial charge in [-0.3, -0.25) is 9.59 Å². The summed E-state index contributed by atoms with van der Waals surface area (Å²) in [6, 6.07) is 6.26. The molecule has 0 aliphatic rings. The highest BCUT2D eigenvalue weighted by atomic mass is 19.2. The predicted molar refractivity (Wildman–Crippen MR) is 85.4 cm³/mol. The van der Waals surface area contributed by atoms with Crippen molar-refractivity contribution in [3.63, 3.8) is 0 Å². The van der Waals surface area contributed by atoms with E-state index in [1.54, 1.807) is 0 Å². The molecule has 0 radical (unpaired) electrons. The van der Waals surface area contributed by atoms with E-state index in [1.807, 2.05) is 0 Å². The predicted octanol–water partition coefficient (Wildman–Crippen LogP) is 4.50. The first-order chi connectivity index (χ1) is 11.8. The zero-order valence-corrected chi connectivity index (χ0v) is 12.8. The summed E-state index contributed by atoms with van der Waals surface area (Å²) in [6.07, 6.45) is 4.24. The van der Waals surface area contributed by atoms with Crippen LogP contribution in [0.2, 0.25) is 0 Å². The van der Waals surface area contributed by atoms with Crippen LogP contribution in [0.4, 0.5) is 17.6 Å². The standard InChI is InChI=1S/C19H12F4O2/c20-16-7-3-12(9-18(16)22)1-5-14(24)11-15(25)6-2-13-4-8-17(21)19(23)10-13/h1-10H,11H2/b5-1+,6-2+. The van der Waals surface area contributed by atoms with E-state index in [9.17, 15) is 27.2 Å². The van der Waals surface area contributed by atoms with E-state index in [4.69, 9.17) is 0 Å². The number of allylic oxidation sites excluding steroid dienone is 2. The maximum atomic E-state index is 13.0. The number of rotatable bonds is 6. The Morgan fingerprint density at radius 3 is 1.44 bits per heavy atom. The first-order valence-corrected chi connectivity index (χ1v) is 7.17. The number of carbonyl (C=O) groups is 2. The molecule has 2 rings (SSSR count). The highest BCUT2D eigenvalue weighted by Gasteiger charge is 2.05. The van der Waals surface area contributed by atoms with Gasteiger partial charge in [0, 0.05) is 0 Å². The van der Waals surface area contributed by atoms with Gasteiger partial charge < -0.3 is 0 Å². The van der Waals surface area contributed by atoms with Crippen molar-refractivity contribution >= 4 is 23.7 Å². The van der Waals surface area contributed by atoms with Crippen LogP contribution in [0.3, 0.4) is 0 Å². The number of ketones is 2. The van der Waals surface area contributed by atoms with E-state index < -0.39 is 41.3 Å². The smallest absolute Gasteiger partial charge is 0.163 e. The highest BCUT2D eigenvalue weighted by Crippen LogP contribution is 2.11. The van der Waals surface area contributed by atoms with Gasteiger partial charge in [0.05, 0.1) is 6.42 Å². The summed E-state index contributed by atoms with van der Waals surface area (Å²) in [5.41, 5.74) is 0.550. The lowest BCUT2D eigenvalue weighted by Crippen LogP contribution is -2.02. The lowest BCUT2D eigenvalue weighted by Gasteiger charge is -1.96. The molecule has 0 unspecified atom stereocenters. The van der Waals surface area contributed by atoms with Crippen LogP contribution in [0.25, 0.3) is 12.2 Å². The van der Waals surface area contributed by atoms with Gasteiger partial charge in [0.2, 0.25) is 0 Å². The Bertz CT molecular complexity index is 798. The molecule has 2 aromatic rings. The summed E-state index contributed by atoms with van der Waals surface area (Å²) in [4.78, 5) is 23.3. The van der Waals surface area contributed by atoms with Gasteiger partial charge in [0.25, 0.3) is 0 Å². The second kappa shape index (κ2) is 8.19. The molecule has 0 aliphatic carbocycles. The van der Waals surface area contributed by atoms with Gasteiger partial charge in [-0.05, 0) is 47.5 Å². The van der Waals surface area contributed by atoms with Crippen LogP contribution >= 0.6 is 0 Å². The summed E-state index contributed by atoms with van der Waals surface area (Å²) >= 11 is 0. The molecule has 2 nitrogen and oxygen atoms in total. The lowest BCUT2D eigenvalue weighted by atomic mass is 10.1. The Labute approximate surface area is 141 Å². The first-order valence-electron chi connectivity index (χ1n) is 7.17. The third-order valence-corrected chi connectivity index (χ3v) is 3.16. The average molecular weight is 348 g/mol. The van der Waals surface area contributed by atoms with E-state index in [1.165, 1.54) is 24.3 Å². The summed E-state index contributed by atoms with van der Waals surface area (Å²) in [7, 11) is 0. The lowest BCUT2D eigenvalue weighted by molar-refractivity contribution is -0.121. The van der Waals surface area contributed by atoms with Gasteiger partial charge in [0.15, 0.2) is 34.8 Å². The van der Waals surface area contributed by atoms with Crippen LogP contribution in [0.15, 0.2) is 48.6 Å². The van der Waals surface area contributed by atoms with E-state index in [0.717, 1.165) is 36.4 Å². The monoisotopic (exact) mass is 348 g/mol. The Morgan fingerprint density at radius 1 is 0.680 bits per heavy atom. The van der Waals surface area contributed by atoms with Gasteiger partial charge >= 0.3 is 0 Å². The number of hydrogen-bond donors (Lipinski definition) is 0. The molecule has 0 atom stereocenters. The maximum absolute atomic E-state index is 13.0. The quantitative estimate of drug-likeness (QED) is 0.438. The van der Waals surface area contributed by atoms with Crippen molar-refractivity contribution in [2.75, 3.05) is 0 Å². The molecule has 0 saturated heterocycles. The molecule has 0 heterocycles. The maximum Gasteiger partial charge on any atom is 0.163 e. The van der Waals surface area contributed by atoms with Crippen LogP contribution in [-0.2, 0) is 9.59 Å². The molecule has 25 heavy (non-hydrogen) atoms. The molecule has 0 amide bonds. The third-order valence-electron chi connectivity index (χ3n) is 3.16. The molecular formula is C19H12F4O2. The van der Waals surface area contributed by atoms with E-state index in [-0.39, 0.29) is 11.1 Å². The van der Waals surface area contributed by atoms with E-state index in [2.05, 4.69) is 0 Å². The Balaban J connectivity index is 1.94. The second-order valence-corrected chi connectivity index (χ2v) is 5.12. The molecule has 128 valence electrons. The topological polar surface area (TPSA) is 34.1 Å². The minimum atomic E-state index is -1.04. The number of halogens is 4. The third kappa shape index (κ3) is 5.53. The van der Waals surface area contributed by atoms with Crippen LogP contribution in [0.5, 0.6) is 0 Å². The first kappa shape index (κ1) is 18.3. The van der Waals surface area contributed by atoms with Crippen LogP contribution in [0, 0.1) is 23.3 Å². The molecule has 6 heteroatoms. The van der Waals surface area contributed by atoms with Crippen molar-refractivity contribution in [1.82, 2.24) is 0 Å². The minimum absolute atomic E-state index is 0.275. The van der Waals surface area contributed by atoms with Crippen molar-refractivity contribution in [1.29, 1.82) is 0 Å². The Hall–Kier alpha value is -3.02. The molecular weight excluding hydrogens is 336 g/mol. The summed E-state index contributed by atoms with van der Waals surface area (Å²) in [6.45, 7) is 0. The molecule has 0 bridgehead atoms. The van der Waals surface area contributed by atoms with Gasteiger partial charge in [-0.25, -0.2) is 17.6 Å². The van der Waals surface area contributed by atoms with Gasteiger partial charge in [-0.1, -0.05) is 24.3 Å². The Morgan fingerprint density at radius 2 is 1.08 bits per heavy atom. The summed E-state index contributed by atoms with van der Waals surface area (Å²) in [5, 5.41) is 0. The molecule has 0 saturated carbocycles. The fourth-order valence-corrected chi connectivity index (χ4v) is 1.90. The summed E-state index contributed by atoms with van der Waals surface area (Å²) in [5.74, 6) is -5.16. The highest BCUT2D eigenvalue weighted by molar-refractivity contribution is 6.10. The zero-order chi connectivity index (χ0) is 18.4. The number of carbonyl (C=O) groups excluding carboxylic acids is 2. The minimum Gasteiger partial charge on any atom is -0.294 e. The average Bonchev–Trinajstić information content (AvgIpc) is 2.57. The van der Waals surface area contributed by atoms with Crippen LogP contribution < -0.4 is 0 Å². The molecule has 0 N–H and O–H groups in total. The van der Waals surface area contributed by atoms with Crippen molar-refractivity contribution in [3.05, 3.63) is 82.9 Å². The van der Waals surface area contributed by atoms with Crippen molar-refractivity contribution in [3.8, 4) is 0 Å². The molecule has 0 aliphatic heterocycles. The molecule has 0 spiro atoms. The molecule has 2 aromatic carbocycles. The molecule has 0 fully saturated rings. The largest absolute Gasteiger partial charge is 0.294 e. The van der Waals surface area contributed by atoms with Gasteiger partial charge in [0.1, 0.15) is 0 Å². The van der Waals surface area contributed by atoms with Crippen LogP contribution in [0.1, 0.15) is 17.5 Å². The SMILES string of the molecule is O=C(/C=C/c1ccc(F)c(F)c1)CC(=O)/C=C/c1ccc(F)c(F)c1. The number of hydrogen-bond acceptors (Lipinski definition) is 2. The summed E-state index contributed by atoms with van der Waals surface area (Å²) < 4.78 is 51.6. The second-order valence-electron chi connectivity index (χ2n) is 5.12. The molecule has 0 aromatic heterocycles. The number of benzene rings is 2. The van der Waals surface area contributed by atoms with Crippen LogP contribution in [-0.4, -0.2) is 11.6 Å². The van der Waals surface area contributed by atoms with Crippen molar-refractivity contribution in [2.24, 2.45) is 0 Å². The fourth-order valence-electron chi connectivity index (χ4n) is 1.90. The normalized spacial score (nSPS) is 11.4. The fraction of sp³-hybridized carbons (Fsp3) is 0.0526. The van der Waals surface area contributed by atoms with E-state index >= 15 is 0 Å². The van der Waals surface area contributed by atoms with Gasteiger partial charge in [-0.15, -0.1) is 0 Å². The Kier molecular flexibility index (Phi) is 6.00. The van der Waals surface area contributed by atoms with Crippen molar-refractivity contribution < 1.29 is 27.2 Å².